The van der Waals surface area contributed by atoms with Crippen LogP contribution in [0.3, 0.4) is 0 Å². The molecule has 2 aliphatic rings. The highest BCUT2D eigenvalue weighted by atomic mass is 16.5. The van der Waals surface area contributed by atoms with Gasteiger partial charge < -0.3 is 15.0 Å². The van der Waals surface area contributed by atoms with Crippen LogP contribution in [0.2, 0.25) is 0 Å². The Morgan fingerprint density at radius 2 is 1.85 bits per heavy atom. The first-order valence-electron chi connectivity index (χ1n) is 13.8. The minimum Gasteiger partial charge on any atom is -0.379 e. The molecule has 2 amide bonds. The van der Waals surface area contributed by atoms with E-state index in [9.17, 15) is 9.59 Å². The molecule has 0 radical (unpaired) electrons. The van der Waals surface area contributed by atoms with Crippen molar-refractivity contribution >= 4 is 11.8 Å². The number of hydroxylamine groups is 1. The van der Waals surface area contributed by atoms with Gasteiger partial charge in [0.1, 0.15) is 0 Å². The molecule has 0 spiro atoms. The molecule has 0 atom stereocenters. The van der Waals surface area contributed by atoms with Crippen molar-refractivity contribution in [1.82, 2.24) is 20.6 Å². The van der Waals surface area contributed by atoms with Gasteiger partial charge in [-0.25, -0.2) is 5.48 Å². The minimum absolute atomic E-state index is 0.0646. The summed E-state index contributed by atoms with van der Waals surface area (Å²) < 4.78 is 5.46. The first kappa shape index (κ1) is 36.4. The molecule has 1 aliphatic heterocycles. The Labute approximate surface area is 241 Å². The third-order valence-electron chi connectivity index (χ3n) is 5.93. The molecule has 3 N–H and O–H groups in total. The van der Waals surface area contributed by atoms with Crippen molar-refractivity contribution in [2.24, 2.45) is 0 Å². The number of terminal acetylenes is 1. The second kappa shape index (κ2) is 23.3. The Morgan fingerprint density at radius 1 is 1.15 bits per heavy atom. The number of amides is 2. The second-order valence-electron chi connectivity index (χ2n) is 8.68. The van der Waals surface area contributed by atoms with E-state index in [0.717, 1.165) is 55.3 Å². The number of morpholine rings is 1. The molecular formula is C32H48N4O4. The zero-order valence-corrected chi connectivity index (χ0v) is 24.9. The molecule has 1 heterocycles. The summed E-state index contributed by atoms with van der Waals surface area (Å²) in [7, 11) is 0. The van der Waals surface area contributed by atoms with Crippen molar-refractivity contribution in [3.05, 3.63) is 83.3 Å². The van der Waals surface area contributed by atoms with Gasteiger partial charge in [-0.1, -0.05) is 62.5 Å². The lowest BCUT2D eigenvalue weighted by atomic mass is 10.1. The molecule has 1 fully saturated rings. The lowest BCUT2D eigenvalue weighted by Gasteiger charge is -2.30. The second-order valence-corrected chi connectivity index (χ2v) is 8.68. The van der Waals surface area contributed by atoms with E-state index in [-0.39, 0.29) is 5.91 Å². The zero-order chi connectivity index (χ0) is 30.2. The van der Waals surface area contributed by atoms with Gasteiger partial charge in [-0.05, 0) is 43.9 Å². The summed E-state index contributed by atoms with van der Waals surface area (Å²) in [6.45, 7) is 15.0. The predicted octanol–water partition coefficient (Wildman–Crippen LogP) is 4.66. The molecule has 0 bridgehead atoms. The van der Waals surface area contributed by atoms with E-state index >= 15 is 0 Å². The topological polar surface area (TPSA) is 94.1 Å². The number of nitrogens with zero attached hydrogens (tertiary/aromatic N) is 2. The van der Waals surface area contributed by atoms with E-state index in [0.29, 0.717) is 25.9 Å². The van der Waals surface area contributed by atoms with E-state index in [2.05, 4.69) is 23.1 Å². The summed E-state index contributed by atoms with van der Waals surface area (Å²) in [5.41, 5.74) is 5.48. The Kier molecular flexibility index (Phi) is 21.1. The van der Waals surface area contributed by atoms with Crippen LogP contribution in [-0.4, -0.2) is 72.8 Å². The van der Waals surface area contributed by atoms with Crippen LogP contribution < -0.4 is 10.8 Å². The first-order chi connectivity index (χ1) is 19.4. The molecule has 1 saturated heterocycles. The largest absolute Gasteiger partial charge is 0.379 e. The number of hydrogen-bond acceptors (Lipinski definition) is 6. The third-order valence-corrected chi connectivity index (χ3v) is 5.93. The van der Waals surface area contributed by atoms with Gasteiger partial charge in [-0.3, -0.25) is 19.7 Å². The Balaban J connectivity index is 0.00000363. The summed E-state index contributed by atoms with van der Waals surface area (Å²) in [6.07, 6.45) is 27.7. The molecular weight excluding hydrogens is 504 g/mol. The SMILES string of the molecule is C#C.C/C=C/C(=C\N/C(C)=C/C)CC(=O)N(CCN1CCOCC1)CC1=CC=C(/C=C/C(=O)NO)CC=C1.CC. The maximum Gasteiger partial charge on any atom is 0.267 e. The number of rotatable bonds is 12. The summed E-state index contributed by atoms with van der Waals surface area (Å²) in [4.78, 5) is 29.0. The molecule has 8 heteroatoms. The van der Waals surface area contributed by atoms with Crippen molar-refractivity contribution in [2.45, 2.75) is 47.5 Å². The fraction of sp³-hybridized carbons (Fsp3) is 0.438. The van der Waals surface area contributed by atoms with E-state index in [1.807, 2.05) is 88.3 Å². The molecule has 2 rings (SSSR count). The van der Waals surface area contributed by atoms with Crippen LogP contribution in [0.5, 0.6) is 0 Å². The maximum absolute atomic E-state index is 13.5. The van der Waals surface area contributed by atoms with Gasteiger partial charge in [0, 0.05) is 50.7 Å². The maximum atomic E-state index is 13.5. The highest BCUT2D eigenvalue weighted by Gasteiger charge is 2.18. The molecule has 8 nitrogen and oxygen atoms in total. The number of nitrogens with one attached hydrogen (secondary N) is 2. The van der Waals surface area contributed by atoms with Crippen LogP contribution in [0.25, 0.3) is 0 Å². The number of ether oxygens (including phenoxy) is 1. The lowest BCUT2D eigenvalue weighted by Crippen LogP contribution is -2.43. The van der Waals surface area contributed by atoms with E-state index < -0.39 is 5.91 Å². The standard InChI is InChI=1S/C28H40N4O4.C2H6.C2H2/c1-4-7-26(21-29-23(3)5-2)20-28(34)32(15-14-31-16-18-36-19-17-31)22-25-9-6-8-24(10-11-25)12-13-27(33)30-35;2*1-2/h4-7,9-13,21,29,35H,8,14-20,22H2,1-3H3,(H,30,33);1-2H3;1-2H/b7-4+,13-12+,23-5+,26-21+;;. The van der Waals surface area contributed by atoms with Gasteiger partial charge in [0.2, 0.25) is 5.91 Å². The highest BCUT2D eigenvalue weighted by Crippen LogP contribution is 2.16. The van der Waals surface area contributed by atoms with Crippen LogP contribution >= 0.6 is 0 Å². The van der Waals surface area contributed by atoms with Crippen molar-refractivity contribution < 1.29 is 19.5 Å². The van der Waals surface area contributed by atoms with Gasteiger partial charge in [-0.2, -0.15) is 0 Å². The average Bonchev–Trinajstić information content (AvgIpc) is 3.24. The normalized spacial score (nSPS) is 16.1. The molecule has 220 valence electrons. The van der Waals surface area contributed by atoms with Crippen molar-refractivity contribution in [3.8, 4) is 12.8 Å². The van der Waals surface area contributed by atoms with Crippen LogP contribution in [0.1, 0.15) is 47.5 Å². The van der Waals surface area contributed by atoms with Gasteiger partial charge in [0.05, 0.1) is 19.6 Å². The smallest absolute Gasteiger partial charge is 0.267 e. The molecule has 0 aromatic carbocycles. The zero-order valence-electron chi connectivity index (χ0n) is 24.9. The van der Waals surface area contributed by atoms with Gasteiger partial charge in [-0.15, -0.1) is 12.8 Å². The lowest BCUT2D eigenvalue weighted by molar-refractivity contribution is -0.130. The highest BCUT2D eigenvalue weighted by molar-refractivity contribution is 5.86. The van der Waals surface area contributed by atoms with Crippen LogP contribution in [0.15, 0.2) is 83.3 Å². The molecule has 0 aromatic rings. The molecule has 40 heavy (non-hydrogen) atoms. The van der Waals surface area contributed by atoms with Crippen molar-refractivity contribution in [2.75, 3.05) is 45.9 Å². The fourth-order valence-corrected chi connectivity index (χ4v) is 3.68. The number of carbonyl (C=O) groups excluding carboxylic acids is 2. The number of carbonyl (C=O) groups is 2. The fourth-order valence-electron chi connectivity index (χ4n) is 3.68. The Hall–Kier alpha value is -3.64. The monoisotopic (exact) mass is 552 g/mol. The summed E-state index contributed by atoms with van der Waals surface area (Å²) >= 11 is 0. The minimum atomic E-state index is -0.572. The van der Waals surface area contributed by atoms with E-state index in [1.165, 1.54) is 6.08 Å². The van der Waals surface area contributed by atoms with Crippen LogP contribution in [0, 0.1) is 12.8 Å². The predicted molar refractivity (Wildman–Crippen MR) is 164 cm³/mol. The molecule has 0 saturated carbocycles. The number of allylic oxidation sites excluding steroid dienone is 9. The quantitative estimate of drug-likeness (QED) is 0.107. The van der Waals surface area contributed by atoms with E-state index in [1.54, 1.807) is 11.6 Å². The van der Waals surface area contributed by atoms with Crippen LogP contribution in [-0.2, 0) is 14.3 Å². The van der Waals surface area contributed by atoms with Crippen molar-refractivity contribution in [1.29, 1.82) is 0 Å². The average molecular weight is 553 g/mol. The number of hydrogen-bond donors (Lipinski definition) is 3. The van der Waals surface area contributed by atoms with Crippen LogP contribution in [0.4, 0.5) is 0 Å². The van der Waals surface area contributed by atoms with Crippen molar-refractivity contribution in [3.63, 3.8) is 0 Å². The Morgan fingerprint density at radius 3 is 2.48 bits per heavy atom. The molecule has 0 unspecified atom stereocenters. The van der Waals surface area contributed by atoms with Gasteiger partial charge >= 0.3 is 0 Å². The van der Waals surface area contributed by atoms with Gasteiger partial charge in [0.15, 0.2) is 0 Å². The summed E-state index contributed by atoms with van der Waals surface area (Å²) in [5, 5.41) is 11.9. The first-order valence-corrected chi connectivity index (χ1v) is 13.8. The Bertz CT molecular complexity index is 994. The van der Waals surface area contributed by atoms with Gasteiger partial charge in [0.25, 0.3) is 5.91 Å². The van der Waals surface area contributed by atoms with E-state index in [4.69, 9.17) is 9.94 Å². The molecule has 1 aliphatic carbocycles. The summed E-state index contributed by atoms with van der Waals surface area (Å²) in [6, 6.07) is 0. The third kappa shape index (κ3) is 15.7. The molecule has 0 aromatic heterocycles. The summed E-state index contributed by atoms with van der Waals surface area (Å²) in [5.74, 6) is -0.507.